The van der Waals surface area contributed by atoms with Crippen molar-refractivity contribution < 1.29 is 48.6 Å². The molecule has 4 saturated carbocycles. The first-order valence-electron chi connectivity index (χ1n) is 34.5. The highest BCUT2D eigenvalue weighted by Gasteiger charge is 2.21. The normalized spacial score (nSPS) is 13.9. The predicted octanol–water partition coefficient (Wildman–Crippen LogP) is 13.8. The molecule has 1 radical (unpaired) electrons. The number of anilines is 5. The third-order valence-corrected chi connectivity index (χ3v) is 16.7. The second-order valence-electron chi connectivity index (χ2n) is 25.1. The Morgan fingerprint density at radius 3 is 1.32 bits per heavy atom. The van der Waals surface area contributed by atoms with E-state index in [0.717, 1.165) is 59.5 Å². The highest BCUT2D eigenvalue weighted by molar-refractivity contribution is 6.58. The number of hydrogen-bond donors (Lipinski definition) is 9. The summed E-state index contributed by atoms with van der Waals surface area (Å²) >= 11 is 16.3. The fourth-order valence-corrected chi connectivity index (χ4v) is 10.5. The van der Waals surface area contributed by atoms with Crippen molar-refractivity contribution in [3.63, 3.8) is 0 Å². The Morgan fingerprint density at radius 2 is 0.951 bits per heavy atom. The SMILES string of the molecule is CC(=O)O.CC(=O)O[B]OC(C)=O.CCC(C)=O.CCC(C)Cc1cnc(-c2ccc(C)cc2)nc1NC1CCCC1.Cc1ccc(-c2ncc(N)c(NC3CCCC3)n2)cc1.Cc1ccc(B(O)O)cc1.NC1CCCC1.Nc1cnc(Cl)nc1NC1CCCC1.O=[N+]([O-])c1cnc(Cl)nc1Cl. The highest BCUT2D eigenvalue weighted by atomic mass is 35.5. The van der Waals surface area contributed by atoms with Gasteiger partial charge in [0.1, 0.15) is 17.8 Å². The van der Waals surface area contributed by atoms with Crippen LogP contribution in [0.15, 0.2) is 97.6 Å². The van der Waals surface area contributed by atoms with E-state index in [1.54, 1.807) is 25.3 Å². The van der Waals surface area contributed by atoms with Crippen LogP contribution in [0.25, 0.3) is 22.8 Å². The Labute approximate surface area is 621 Å². The van der Waals surface area contributed by atoms with E-state index in [2.05, 4.69) is 124 Å². The maximum Gasteiger partial charge on any atom is 0.662 e. The van der Waals surface area contributed by atoms with Crippen molar-refractivity contribution in [1.29, 1.82) is 0 Å². The lowest BCUT2D eigenvalue weighted by molar-refractivity contribution is -0.385. The number of Topliss-reactive ketones (excluding diaryl/α,β-unsaturated/α-hetero) is 1. The number of ketones is 1. The monoisotopic (exact) mass is 1480 g/mol. The zero-order valence-corrected chi connectivity index (χ0v) is 63.0. The average Bonchev–Trinajstić information content (AvgIpc) is 1.51. The summed E-state index contributed by atoms with van der Waals surface area (Å²) in [5, 5.41) is 45.2. The van der Waals surface area contributed by atoms with Gasteiger partial charge in [0.15, 0.2) is 23.3 Å². The summed E-state index contributed by atoms with van der Waals surface area (Å²) in [5.41, 5.74) is 25.6. The molecular formula is C72H101B2Cl3N15O11. The summed E-state index contributed by atoms with van der Waals surface area (Å²) in [4.78, 5) is 81.3. The van der Waals surface area contributed by atoms with Crippen LogP contribution in [-0.2, 0) is 34.9 Å². The molecule has 0 saturated heterocycles. The number of aryl methyl sites for hydroxylation is 3. The van der Waals surface area contributed by atoms with Crippen LogP contribution in [0.2, 0.25) is 15.7 Å². The molecule has 0 bridgehead atoms. The van der Waals surface area contributed by atoms with Crippen LogP contribution >= 0.6 is 34.8 Å². The molecule has 11 rings (SSSR count). The van der Waals surface area contributed by atoms with E-state index in [9.17, 15) is 24.5 Å². The number of rotatable bonds is 16. The molecule has 7 aromatic rings. The number of nitrogens with zero attached hydrogens (tertiary/aromatic N) is 9. The molecule has 1 unspecified atom stereocenters. The number of carbonyl (C=O) groups is 4. The number of hydrogen-bond acceptors (Lipinski definition) is 24. The minimum Gasteiger partial charge on any atom is -0.500 e. The zero-order chi connectivity index (χ0) is 76.4. The number of nitrogens with one attached hydrogen (secondary N) is 3. The van der Waals surface area contributed by atoms with E-state index in [1.165, 1.54) is 146 Å². The van der Waals surface area contributed by atoms with Crippen LogP contribution in [-0.4, -0.2) is 123 Å². The zero-order valence-electron chi connectivity index (χ0n) is 60.7. The number of nitro groups is 1. The summed E-state index contributed by atoms with van der Waals surface area (Å²) in [7, 11) is -0.648. The Balaban J connectivity index is 0.000000317. The van der Waals surface area contributed by atoms with E-state index in [-0.39, 0.29) is 27.2 Å². The number of carboxylic acids is 1. The van der Waals surface area contributed by atoms with Crippen molar-refractivity contribution in [1.82, 2.24) is 39.9 Å². The van der Waals surface area contributed by atoms with Crippen LogP contribution in [0, 0.1) is 36.8 Å². The van der Waals surface area contributed by atoms with Crippen LogP contribution in [0.1, 0.15) is 186 Å². The fourth-order valence-electron chi connectivity index (χ4n) is 9.98. The molecule has 31 heteroatoms. The lowest BCUT2D eigenvalue weighted by Crippen LogP contribution is -2.29. The Bertz CT molecular complexity index is 3650. The third-order valence-electron chi connectivity index (χ3n) is 16.0. The average molecular weight is 1480 g/mol. The van der Waals surface area contributed by atoms with E-state index >= 15 is 0 Å². The molecular weight excluding hydrogens is 1380 g/mol. The van der Waals surface area contributed by atoms with Gasteiger partial charge in [-0.2, -0.15) is 9.97 Å². The molecule has 0 spiro atoms. The number of aromatic nitrogens is 8. The molecule has 4 aliphatic carbocycles. The first kappa shape index (κ1) is 88.6. The van der Waals surface area contributed by atoms with Gasteiger partial charge in [-0.15, -0.1) is 0 Å². The second-order valence-corrected chi connectivity index (χ2v) is 26.2. The van der Waals surface area contributed by atoms with Gasteiger partial charge in [-0.25, -0.2) is 29.9 Å². The molecule has 4 aromatic heterocycles. The fraction of sp³-hybridized carbons (Fsp3) is 0.472. The smallest absolute Gasteiger partial charge is 0.500 e. The third kappa shape index (κ3) is 37.9. The molecule has 4 heterocycles. The van der Waals surface area contributed by atoms with E-state index < -0.39 is 29.9 Å². The number of carboxylic acid groups (broad SMARTS) is 1. The van der Waals surface area contributed by atoms with Gasteiger partial charge in [-0.05, 0) is 120 Å². The molecule has 557 valence electrons. The molecule has 4 aliphatic rings. The van der Waals surface area contributed by atoms with Crippen molar-refractivity contribution in [2.75, 3.05) is 27.4 Å². The van der Waals surface area contributed by atoms with E-state index in [0.29, 0.717) is 66.8 Å². The van der Waals surface area contributed by atoms with Crippen LogP contribution in [0.5, 0.6) is 0 Å². The van der Waals surface area contributed by atoms with Gasteiger partial charge in [0, 0.05) is 74.2 Å². The van der Waals surface area contributed by atoms with Gasteiger partial charge in [0.25, 0.3) is 17.9 Å². The minimum absolute atomic E-state index is 0.111. The Morgan fingerprint density at radius 1 is 0.592 bits per heavy atom. The molecule has 12 N–H and O–H groups in total. The molecule has 0 aliphatic heterocycles. The number of nitrogens with two attached hydrogens (primary N) is 3. The maximum absolute atomic E-state index is 10.1. The van der Waals surface area contributed by atoms with Gasteiger partial charge in [-0.1, -0.05) is 180 Å². The summed E-state index contributed by atoms with van der Waals surface area (Å²) in [6, 6.07) is 25.9. The highest BCUT2D eigenvalue weighted by Crippen LogP contribution is 2.30. The van der Waals surface area contributed by atoms with Gasteiger partial charge >= 0.3 is 20.5 Å². The Hall–Kier alpha value is -8.66. The van der Waals surface area contributed by atoms with Crippen LogP contribution < -0.4 is 38.6 Å². The number of nitrogen functional groups attached to an aromatic ring is 2. The minimum atomic E-state index is -1.35. The largest absolute Gasteiger partial charge is 0.662 e. The molecule has 103 heavy (non-hydrogen) atoms. The van der Waals surface area contributed by atoms with Crippen molar-refractivity contribution in [2.24, 2.45) is 11.7 Å². The lowest BCUT2D eigenvalue weighted by atomic mass is 9.80. The van der Waals surface area contributed by atoms with Crippen LogP contribution in [0.3, 0.4) is 0 Å². The Kier molecular flexibility index (Phi) is 42.2. The van der Waals surface area contributed by atoms with Gasteiger partial charge < -0.3 is 62.4 Å². The first-order valence-corrected chi connectivity index (χ1v) is 35.7. The molecule has 3 aromatic carbocycles. The quantitative estimate of drug-likeness (QED) is 0.0143. The van der Waals surface area contributed by atoms with Gasteiger partial charge in [-0.3, -0.25) is 24.5 Å². The van der Waals surface area contributed by atoms with Gasteiger partial charge in [0.2, 0.25) is 15.7 Å². The van der Waals surface area contributed by atoms with Crippen molar-refractivity contribution in [3.05, 3.63) is 146 Å². The van der Waals surface area contributed by atoms with Crippen molar-refractivity contribution in [3.8, 4) is 22.8 Å². The summed E-state index contributed by atoms with van der Waals surface area (Å²) in [6.45, 7) is 17.6. The molecule has 26 nitrogen and oxygen atoms in total. The van der Waals surface area contributed by atoms with Crippen LogP contribution in [0.4, 0.5) is 34.5 Å². The number of halogens is 3. The predicted molar refractivity (Wildman–Crippen MR) is 411 cm³/mol. The standard InChI is InChI=1S/C21H29N3.C16H20N4.C9H13ClN4.C7H9BO2.C5H11N.C4H6BO4.C4HCl2N3O2.C4H8O.C2H4O2/c1-4-15(2)13-18-14-22-20(17-11-9-16(3)10-12-17)24-21(18)23-19-7-5-6-8-19;1-11-6-8-12(9-7-11)15-18-10-14(17)16(20-15)19-13-4-2-3-5-13;10-9-12-5-7(11)8(14-9)13-6-3-1-2-4-6;1-6-2-4-7(5-3-6)8(9)10;6-5-3-1-2-4-5;1-3(6)8-5-9-4(2)7;5-3-2(9(10)11)1-7-4(6)8-3;1-3-4(2)5;1-2(3)4/h9-12,14-15,19H,4-8,13H2,1-3H3,(H,22,23,24);6-10,13H,2-5,17H2,1H3,(H,18,19,20);5-6H,1-4,11H2,(H,12,13,14);2-5,9-10H,1H3;5H,1-4,6H2;1-2H3;1H;3H2,1-2H3;1H3,(H,3,4). The summed E-state index contributed by atoms with van der Waals surface area (Å²) < 4.78 is 8.29. The number of benzene rings is 3. The number of carbonyl (C=O) groups excluding carboxylic acids is 3. The van der Waals surface area contributed by atoms with Crippen molar-refractivity contribution >= 4 is 113 Å². The lowest BCUT2D eigenvalue weighted by Gasteiger charge is -2.18. The summed E-state index contributed by atoms with van der Waals surface area (Å²) in [6.07, 6.45) is 29.4. The maximum atomic E-state index is 10.1. The number of aliphatic carboxylic acids is 1. The topological polar surface area (TPSA) is 408 Å². The molecule has 1 atom stereocenters. The van der Waals surface area contributed by atoms with Crippen molar-refractivity contribution in [2.45, 2.75) is 215 Å². The summed E-state index contributed by atoms with van der Waals surface area (Å²) in [5.74, 6) is 3.07. The van der Waals surface area contributed by atoms with E-state index in [1.807, 2.05) is 44.3 Å². The second kappa shape index (κ2) is 49.1. The van der Waals surface area contributed by atoms with E-state index in [4.69, 9.17) is 76.9 Å². The molecule has 0 amide bonds. The first-order chi connectivity index (χ1) is 49.0. The molecule has 4 fully saturated rings. The van der Waals surface area contributed by atoms with Gasteiger partial charge in [0.05, 0.1) is 28.7 Å².